The van der Waals surface area contributed by atoms with Crippen LogP contribution in [0.2, 0.25) is 0 Å². The maximum absolute atomic E-state index is 12.5. The molecular formula is C20H21BrN4O3. The fourth-order valence-electron chi connectivity index (χ4n) is 4.07. The van der Waals surface area contributed by atoms with Crippen molar-refractivity contribution < 1.29 is 14.4 Å². The number of halogens is 1. The number of carbonyl (C=O) groups is 3. The Morgan fingerprint density at radius 2 is 1.79 bits per heavy atom. The normalized spacial score (nSPS) is 21.7. The summed E-state index contributed by atoms with van der Waals surface area (Å²) < 4.78 is 2.63. The van der Waals surface area contributed by atoms with Crippen molar-refractivity contribution in [2.24, 2.45) is 11.8 Å². The number of imide groups is 1. The Kier molecular flexibility index (Phi) is 5.30. The first kappa shape index (κ1) is 18.9. The Morgan fingerprint density at radius 1 is 1.11 bits per heavy atom. The van der Waals surface area contributed by atoms with Crippen LogP contribution in [0.15, 0.2) is 41.0 Å². The van der Waals surface area contributed by atoms with Crippen molar-refractivity contribution in [1.82, 2.24) is 14.7 Å². The molecule has 1 N–H and O–H groups in total. The van der Waals surface area contributed by atoms with E-state index in [-0.39, 0.29) is 30.2 Å². The maximum Gasteiger partial charge on any atom is 0.245 e. The van der Waals surface area contributed by atoms with Gasteiger partial charge in [-0.2, -0.15) is 5.10 Å². The van der Waals surface area contributed by atoms with E-state index in [1.807, 2.05) is 24.3 Å². The molecule has 2 aromatic rings. The molecule has 1 aliphatic heterocycles. The van der Waals surface area contributed by atoms with E-state index in [9.17, 15) is 14.4 Å². The van der Waals surface area contributed by atoms with Crippen LogP contribution in [0.25, 0.3) is 0 Å². The molecule has 2 unspecified atom stereocenters. The number of hydrogen-bond donors (Lipinski definition) is 1. The van der Waals surface area contributed by atoms with Gasteiger partial charge in [-0.05, 0) is 24.5 Å². The Labute approximate surface area is 171 Å². The number of likely N-dealkylation sites (tertiary alicyclic amines) is 1. The standard InChI is InChI=1S/C20H21BrN4O3/c21-16-8-4-1-5-13(16)11-25-17(9-10-22-25)23-18(26)12-24-19(27)14-6-2-3-7-15(14)20(24)28/h1,4-5,8-10,14-15H,2-3,6-7,11-12H2,(H,23,26). The third-order valence-electron chi connectivity index (χ3n) is 5.50. The zero-order valence-corrected chi connectivity index (χ0v) is 16.9. The predicted molar refractivity (Wildman–Crippen MR) is 106 cm³/mol. The van der Waals surface area contributed by atoms with E-state index in [1.165, 1.54) is 0 Å². The fraction of sp³-hybridized carbons (Fsp3) is 0.400. The van der Waals surface area contributed by atoms with E-state index >= 15 is 0 Å². The molecule has 0 radical (unpaired) electrons. The van der Waals surface area contributed by atoms with Gasteiger partial charge >= 0.3 is 0 Å². The summed E-state index contributed by atoms with van der Waals surface area (Å²) in [6.45, 7) is 0.237. The van der Waals surface area contributed by atoms with Crippen molar-refractivity contribution in [2.75, 3.05) is 11.9 Å². The van der Waals surface area contributed by atoms with Gasteiger partial charge in [-0.1, -0.05) is 47.0 Å². The summed E-state index contributed by atoms with van der Waals surface area (Å²) >= 11 is 3.51. The first-order chi connectivity index (χ1) is 13.5. The van der Waals surface area contributed by atoms with Gasteiger partial charge in [0.05, 0.1) is 24.6 Å². The maximum atomic E-state index is 12.5. The number of carbonyl (C=O) groups excluding carboxylic acids is 3. The summed E-state index contributed by atoms with van der Waals surface area (Å²) in [5.41, 5.74) is 1.02. The summed E-state index contributed by atoms with van der Waals surface area (Å²) in [5, 5.41) is 7.04. The topological polar surface area (TPSA) is 84.3 Å². The number of aromatic nitrogens is 2. The molecule has 1 aliphatic carbocycles. The van der Waals surface area contributed by atoms with Crippen LogP contribution in [0.1, 0.15) is 31.2 Å². The van der Waals surface area contributed by atoms with Crippen molar-refractivity contribution in [3.8, 4) is 0 Å². The molecule has 4 rings (SSSR count). The fourth-order valence-corrected chi connectivity index (χ4v) is 4.48. The first-order valence-electron chi connectivity index (χ1n) is 9.45. The predicted octanol–water partition coefficient (Wildman–Crippen LogP) is 2.81. The molecule has 0 bridgehead atoms. The molecule has 2 aliphatic rings. The van der Waals surface area contributed by atoms with Gasteiger partial charge in [0, 0.05) is 10.5 Å². The van der Waals surface area contributed by atoms with Crippen LogP contribution in [-0.4, -0.2) is 38.9 Å². The first-order valence-corrected chi connectivity index (χ1v) is 10.2. The van der Waals surface area contributed by atoms with Crippen LogP contribution >= 0.6 is 15.9 Å². The lowest BCUT2D eigenvalue weighted by atomic mass is 9.81. The minimum absolute atomic E-state index is 0.202. The van der Waals surface area contributed by atoms with Crippen LogP contribution in [0.4, 0.5) is 5.82 Å². The molecule has 2 fully saturated rings. The van der Waals surface area contributed by atoms with E-state index in [0.717, 1.165) is 40.6 Å². The van der Waals surface area contributed by atoms with Crippen molar-refractivity contribution in [3.05, 3.63) is 46.6 Å². The highest BCUT2D eigenvalue weighted by molar-refractivity contribution is 9.10. The van der Waals surface area contributed by atoms with Crippen LogP contribution in [0.3, 0.4) is 0 Å². The zero-order chi connectivity index (χ0) is 19.7. The van der Waals surface area contributed by atoms with Gasteiger partial charge in [-0.15, -0.1) is 0 Å². The number of anilines is 1. The van der Waals surface area contributed by atoms with E-state index in [0.29, 0.717) is 12.4 Å². The van der Waals surface area contributed by atoms with Gasteiger partial charge in [-0.3, -0.25) is 19.3 Å². The highest BCUT2D eigenvalue weighted by atomic mass is 79.9. The highest BCUT2D eigenvalue weighted by Gasteiger charge is 2.48. The second-order valence-corrected chi connectivity index (χ2v) is 8.13. The molecule has 3 amide bonds. The van der Waals surface area contributed by atoms with Gasteiger partial charge in [-0.25, -0.2) is 4.68 Å². The molecule has 8 heteroatoms. The second-order valence-electron chi connectivity index (χ2n) is 7.27. The van der Waals surface area contributed by atoms with E-state index in [1.54, 1.807) is 16.9 Å². The van der Waals surface area contributed by atoms with Gasteiger partial charge in [0.2, 0.25) is 17.7 Å². The minimum Gasteiger partial charge on any atom is -0.309 e. The molecule has 7 nitrogen and oxygen atoms in total. The van der Waals surface area contributed by atoms with Crippen LogP contribution in [0.5, 0.6) is 0 Å². The Balaban J connectivity index is 1.42. The van der Waals surface area contributed by atoms with Crippen LogP contribution < -0.4 is 5.32 Å². The van der Waals surface area contributed by atoms with E-state index in [2.05, 4.69) is 26.3 Å². The Morgan fingerprint density at radius 3 is 2.46 bits per heavy atom. The lowest BCUT2D eigenvalue weighted by molar-refractivity contribution is -0.142. The molecule has 0 spiro atoms. The summed E-state index contributed by atoms with van der Waals surface area (Å²) in [4.78, 5) is 38.7. The van der Waals surface area contributed by atoms with E-state index in [4.69, 9.17) is 0 Å². The molecule has 1 saturated heterocycles. The molecule has 1 saturated carbocycles. The molecule has 28 heavy (non-hydrogen) atoms. The van der Waals surface area contributed by atoms with Gasteiger partial charge in [0.15, 0.2) is 0 Å². The highest BCUT2D eigenvalue weighted by Crippen LogP contribution is 2.37. The lowest BCUT2D eigenvalue weighted by Gasteiger charge is -2.19. The van der Waals surface area contributed by atoms with Crippen LogP contribution in [-0.2, 0) is 20.9 Å². The third-order valence-corrected chi connectivity index (χ3v) is 6.27. The number of hydrogen-bond acceptors (Lipinski definition) is 4. The van der Waals surface area contributed by atoms with Gasteiger partial charge < -0.3 is 5.32 Å². The second kappa shape index (κ2) is 7.87. The third kappa shape index (κ3) is 3.61. The van der Waals surface area contributed by atoms with Gasteiger partial charge in [0.25, 0.3) is 0 Å². The lowest BCUT2D eigenvalue weighted by Crippen LogP contribution is -2.38. The molecular weight excluding hydrogens is 424 g/mol. The number of benzene rings is 1. The number of nitrogens with one attached hydrogen (secondary N) is 1. The minimum atomic E-state index is -0.394. The number of nitrogens with zero attached hydrogens (tertiary/aromatic N) is 3. The van der Waals surface area contributed by atoms with Crippen molar-refractivity contribution >= 4 is 39.5 Å². The summed E-state index contributed by atoms with van der Waals surface area (Å²) in [5.74, 6) is -0.755. The molecule has 1 aromatic carbocycles. The molecule has 2 atom stereocenters. The SMILES string of the molecule is O=C(CN1C(=O)C2CCCCC2C1=O)Nc1ccnn1Cc1ccccc1Br. The van der Waals surface area contributed by atoms with Gasteiger partial charge in [0.1, 0.15) is 12.4 Å². The van der Waals surface area contributed by atoms with Crippen molar-refractivity contribution in [1.29, 1.82) is 0 Å². The summed E-state index contributed by atoms with van der Waals surface area (Å²) in [6, 6.07) is 9.48. The molecule has 146 valence electrons. The van der Waals surface area contributed by atoms with Crippen molar-refractivity contribution in [2.45, 2.75) is 32.2 Å². The van der Waals surface area contributed by atoms with E-state index < -0.39 is 5.91 Å². The smallest absolute Gasteiger partial charge is 0.245 e. The average Bonchev–Trinajstić information content (AvgIpc) is 3.22. The largest absolute Gasteiger partial charge is 0.309 e. The summed E-state index contributed by atoms with van der Waals surface area (Å²) in [6.07, 6.45) is 5.02. The van der Waals surface area contributed by atoms with Crippen molar-refractivity contribution in [3.63, 3.8) is 0 Å². The number of rotatable bonds is 5. The molecule has 1 aromatic heterocycles. The monoisotopic (exact) mass is 444 g/mol. The summed E-state index contributed by atoms with van der Waals surface area (Å²) in [7, 11) is 0. The average molecular weight is 445 g/mol. The van der Waals surface area contributed by atoms with Crippen LogP contribution in [0, 0.1) is 11.8 Å². The number of amides is 3. The quantitative estimate of drug-likeness (QED) is 0.718. The number of fused-ring (bicyclic) bond motifs is 1. The zero-order valence-electron chi connectivity index (χ0n) is 15.3. The Hall–Kier alpha value is -2.48. The molecule has 2 heterocycles. The Bertz CT molecular complexity index is 902.